The molecule has 0 saturated carbocycles. The number of benzene rings is 2. The van der Waals surface area contributed by atoms with Gasteiger partial charge < -0.3 is 151 Å². The Balaban J connectivity index is -0.000000386. The minimum Gasteiger partial charge on any atom is -1.00 e. The van der Waals surface area contributed by atoms with E-state index >= 15 is 0 Å². The van der Waals surface area contributed by atoms with Crippen molar-refractivity contribution in [1.29, 1.82) is 0 Å². The van der Waals surface area contributed by atoms with E-state index in [9.17, 15) is 47.9 Å². The average molecular weight is 1550 g/mol. The first-order chi connectivity index (χ1) is 47.2. The number of esters is 2. The van der Waals surface area contributed by atoms with E-state index in [1.165, 1.54) is 13.8 Å². The summed E-state index contributed by atoms with van der Waals surface area (Å²) in [5.41, 5.74) is 49.6. The van der Waals surface area contributed by atoms with Crippen molar-refractivity contribution in [2.45, 2.75) is 84.3 Å². The normalized spacial score (nSPS) is 11.2. The molecule has 0 unspecified atom stereocenters. The third kappa shape index (κ3) is 58.5. The second kappa shape index (κ2) is 71.4. The maximum absolute atomic E-state index is 13.3. The van der Waals surface area contributed by atoms with Gasteiger partial charge in [-0.3, -0.25) is 62.6 Å². The summed E-state index contributed by atoms with van der Waals surface area (Å²) >= 11 is 0. The topological polar surface area (TPSA) is 600 Å². The van der Waals surface area contributed by atoms with Crippen LogP contribution >= 0.6 is 0 Å². The van der Waals surface area contributed by atoms with Gasteiger partial charge in [-0.15, -0.1) is 0 Å². The molecule has 590 valence electrons. The number of hydrogen-bond acceptors (Lipinski definition) is 22. The van der Waals surface area contributed by atoms with Gasteiger partial charge in [-0.1, -0.05) is 78.3 Å². The van der Waals surface area contributed by atoms with Crippen LogP contribution < -0.4 is 132 Å². The standard InChI is InChI=1S/C28H34N6O8.C26H54N14O6.C6H18N4.CH4.4ClH/c1-20(35)32-24(17-26(37)42-19-22-10-6-3-7-11-22)28(39)33-23(27(38)30-12-14-40-15-13-31-34-29)16-25(36)41-18-21-8-4-2-5-9-21;1-20(41)36-22(19-24(43)33-7-15-40(12-4-29)13-5-30)26(45)37-21(25(44)34-8-16-46-17-9-35-38-31)18-23(42)32-6-14-39(10-2-27)11-3-28;7-1-4-10(5-2-8)6-3-9;;;;;/h2-11,23-24H,12-19H2,1H3,(H,30,38)(H,32,35)(H,33,39);21-22H,2-19,27-30H2,1H3,(H,32,42)(H,33,43)(H,34,44)(H,36,41)(H,37,45);1-9H2;1H4;4*1H/t23-,24+;21-,22+;;;;;;/m00....../s1. The van der Waals surface area contributed by atoms with Crippen LogP contribution in [0.2, 0.25) is 0 Å². The molecule has 0 radical (unpaired) electrons. The van der Waals surface area contributed by atoms with E-state index < -0.39 is 96.2 Å². The van der Waals surface area contributed by atoms with Gasteiger partial charge in [0.15, 0.2) is 0 Å². The van der Waals surface area contributed by atoms with Gasteiger partial charge in [0.1, 0.15) is 37.4 Å². The van der Waals surface area contributed by atoms with Crippen molar-refractivity contribution in [1.82, 2.24) is 57.2 Å². The Morgan fingerprint density at radius 2 is 0.748 bits per heavy atom. The number of azide groups is 2. The molecule has 0 fully saturated rings. The highest BCUT2D eigenvalue weighted by Crippen LogP contribution is 2.08. The molecule has 0 aliphatic rings. The van der Waals surface area contributed by atoms with Gasteiger partial charge >= 0.3 is 11.9 Å². The molecule has 0 aromatic heterocycles. The second-order valence-corrected chi connectivity index (χ2v) is 21.5. The molecule has 2 rings (SSSR count). The predicted octanol–water partition coefficient (Wildman–Crippen LogP) is -19.5. The number of amides is 8. The first kappa shape index (κ1) is 106. The summed E-state index contributed by atoms with van der Waals surface area (Å²) in [6, 6.07) is 12.4. The van der Waals surface area contributed by atoms with E-state index in [-0.39, 0.29) is 136 Å². The van der Waals surface area contributed by atoms with E-state index in [1.807, 2.05) is 12.1 Å². The molecule has 2 aromatic carbocycles. The van der Waals surface area contributed by atoms with Crippen LogP contribution in [0.5, 0.6) is 0 Å². The third-order valence-electron chi connectivity index (χ3n) is 13.3. The lowest BCUT2D eigenvalue weighted by Crippen LogP contribution is -3.00. The Hall–Kier alpha value is -7.56. The molecule has 0 bridgehead atoms. The van der Waals surface area contributed by atoms with Gasteiger partial charge in [-0.2, -0.15) is 0 Å². The summed E-state index contributed by atoms with van der Waals surface area (Å²) in [6.07, 6.45) is -1.78. The molecule has 0 saturated heterocycles. The van der Waals surface area contributed by atoms with Gasteiger partial charge in [0, 0.05) is 141 Å². The molecule has 0 aliphatic heterocycles. The Morgan fingerprint density at radius 3 is 1.06 bits per heavy atom. The zero-order valence-corrected chi connectivity index (χ0v) is 61.5. The number of nitrogens with one attached hydrogen (secondary N) is 8. The Morgan fingerprint density at radius 1 is 0.437 bits per heavy atom. The summed E-state index contributed by atoms with van der Waals surface area (Å²) in [6.45, 7) is 15.5. The molecule has 0 heterocycles. The smallest absolute Gasteiger partial charge is 0.308 e. The highest BCUT2D eigenvalue weighted by Gasteiger charge is 2.32. The van der Waals surface area contributed by atoms with E-state index in [4.69, 9.17) is 47.2 Å². The van der Waals surface area contributed by atoms with E-state index in [1.54, 1.807) is 48.5 Å². The molecular weight excluding hydrogens is 1430 g/mol. The SMILES string of the molecule is C.CC(=O)N[C@H](CC(=O)NCCN(CC[NH3+])CC[NH3+])C(=O)N[C@@H](CC(=O)NCCN(CC[NH3+])CC[NH3+])C(=O)NCCOCCN=[N+]=[N-].CC(=O)N[C@H](CC(=O)OCc1ccccc1)C(=O)N[C@@H](CC(=O)OCc1ccccc1)C(=O)NCCOCCN=[N+]=[N-].NCCN(CCN)CCN.[Cl-].[Cl-].[Cl-].[Cl-]. The molecule has 103 heavy (non-hydrogen) atoms. The van der Waals surface area contributed by atoms with Gasteiger partial charge in [-0.05, 0) is 22.2 Å². The van der Waals surface area contributed by atoms with Crippen LogP contribution in [0.25, 0.3) is 20.9 Å². The molecule has 38 nitrogen and oxygen atoms in total. The van der Waals surface area contributed by atoms with Crippen LogP contribution in [-0.4, -0.2) is 268 Å². The fourth-order valence-corrected chi connectivity index (χ4v) is 8.71. The molecule has 8 amide bonds. The van der Waals surface area contributed by atoms with Crippen LogP contribution in [0.4, 0.5) is 0 Å². The first-order valence-electron chi connectivity index (χ1n) is 32.5. The molecule has 4 atom stereocenters. The van der Waals surface area contributed by atoms with Gasteiger partial charge in [0.2, 0.25) is 47.3 Å². The zero-order valence-electron chi connectivity index (χ0n) is 58.5. The van der Waals surface area contributed by atoms with E-state index in [2.05, 4.69) is 100 Å². The lowest BCUT2D eigenvalue weighted by atomic mass is 10.1. The third-order valence-corrected chi connectivity index (χ3v) is 13.3. The number of quaternary nitrogens is 4. The van der Waals surface area contributed by atoms with Crippen molar-refractivity contribution in [2.24, 2.45) is 27.4 Å². The quantitative estimate of drug-likeness (QED) is 0.00961. The average Bonchev–Trinajstić information content (AvgIpc) is 0.885. The van der Waals surface area contributed by atoms with E-state index in [0.29, 0.717) is 72.0 Å². The molecular formula is C61H114Cl4N24O14. The molecule has 26 N–H and O–H groups in total. The largest absolute Gasteiger partial charge is 1.00 e. The number of halogens is 4. The predicted molar refractivity (Wildman–Crippen MR) is 366 cm³/mol. The number of nitrogens with zero attached hydrogens (tertiary/aromatic N) is 9. The van der Waals surface area contributed by atoms with Crippen molar-refractivity contribution in [2.75, 3.05) is 170 Å². The highest BCUT2D eigenvalue weighted by atomic mass is 35.5. The Kier molecular flexibility index (Phi) is 73.8. The fourth-order valence-electron chi connectivity index (χ4n) is 8.71. The van der Waals surface area contributed by atoms with Crippen molar-refractivity contribution >= 4 is 59.2 Å². The van der Waals surface area contributed by atoms with Crippen LogP contribution in [0.1, 0.15) is 58.1 Å². The number of nitrogens with two attached hydrogens (primary N) is 3. The number of carbonyl (C=O) groups excluding carboxylic acids is 10. The van der Waals surface area contributed by atoms with Crippen molar-refractivity contribution < 1.29 is 139 Å². The summed E-state index contributed by atoms with van der Waals surface area (Å²) in [5, 5.41) is 27.1. The number of ether oxygens (including phenoxy) is 4. The lowest BCUT2D eigenvalue weighted by molar-refractivity contribution is -0.378. The van der Waals surface area contributed by atoms with Gasteiger partial charge in [-0.25, -0.2) is 0 Å². The minimum absolute atomic E-state index is 0. The highest BCUT2D eigenvalue weighted by molar-refractivity contribution is 5.97. The molecule has 0 aliphatic carbocycles. The summed E-state index contributed by atoms with van der Waals surface area (Å²) in [4.78, 5) is 138. The van der Waals surface area contributed by atoms with Crippen molar-refractivity contribution in [3.63, 3.8) is 0 Å². The fraction of sp³-hybridized carbons (Fsp3) is 0.639. The van der Waals surface area contributed by atoms with Crippen LogP contribution in [-0.2, 0) is 80.1 Å². The van der Waals surface area contributed by atoms with Crippen molar-refractivity contribution in [3.8, 4) is 0 Å². The van der Waals surface area contributed by atoms with Crippen LogP contribution in [0.15, 0.2) is 70.9 Å². The Labute approximate surface area is 627 Å². The maximum Gasteiger partial charge on any atom is 0.308 e. The molecule has 2 aromatic rings. The zero-order chi connectivity index (χ0) is 73.0. The van der Waals surface area contributed by atoms with Crippen molar-refractivity contribution in [3.05, 3.63) is 92.7 Å². The maximum atomic E-state index is 13.3. The summed E-state index contributed by atoms with van der Waals surface area (Å²) < 4.78 is 21.0. The van der Waals surface area contributed by atoms with Gasteiger partial charge in [0.25, 0.3) is 0 Å². The Bertz CT molecular complexity index is 2680. The first-order valence-corrected chi connectivity index (χ1v) is 32.5. The molecule has 0 spiro atoms. The molecule has 42 heteroatoms. The lowest BCUT2D eigenvalue weighted by Gasteiger charge is -2.23. The number of hydrogen-bond donors (Lipinski definition) is 15. The van der Waals surface area contributed by atoms with Crippen LogP contribution in [0.3, 0.4) is 0 Å². The van der Waals surface area contributed by atoms with Gasteiger partial charge in [0.05, 0.1) is 78.3 Å². The monoisotopic (exact) mass is 1550 g/mol. The summed E-state index contributed by atoms with van der Waals surface area (Å²) in [7, 11) is 0. The van der Waals surface area contributed by atoms with E-state index in [0.717, 1.165) is 56.9 Å². The van der Waals surface area contributed by atoms with Crippen LogP contribution in [0, 0.1) is 0 Å². The number of rotatable bonds is 52. The summed E-state index contributed by atoms with van der Waals surface area (Å²) in [5.74, 6) is -6.63. The number of carbonyl (C=O) groups is 10. The second-order valence-electron chi connectivity index (χ2n) is 21.5. The minimum atomic E-state index is -1.39.